The molecule has 0 fully saturated rings. The quantitative estimate of drug-likeness (QED) is 0.365. The number of carbonyl (C=O) groups excluding carboxylic acids is 1. The average molecular weight is 485 g/mol. The van der Waals surface area contributed by atoms with Crippen LogP contribution < -0.4 is 10.2 Å². The lowest BCUT2D eigenvalue weighted by Crippen LogP contribution is -2.29. The first-order chi connectivity index (χ1) is 15.6. The highest BCUT2D eigenvalue weighted by Crippen LogP contribution is 2.29. The molecule has 0 bridgehead atoms. The van der Waals surface area contributed by atoms with Gasteiger partial charge in [0, 0.05) is 52.4 Å². The minimum atomic E-state index is -0.0451. The van der Waals surface area contributed by atoms with E-state index in [-0.39, 0.29) is 5.91 Å². The molecule has 0 radical (unpaired) electrons. The summed E-state index contributed by atoms with van der Waals surface area (Å²) in [5.74, 6) is 1.47. The summed E-state index contributed by atoms with van der Waals surface area (Å²) in [6.45, 7) is 2.52. The number of para-hydroxylation sites is 1. The molecule has 1 N–H and O–H groups in total. The molecule has 0 saturated carbocycles. The third-order valence-corrected chi connectivity index (χ3v) is 7.33. The topological polar surface area (TPSA) is 32.3 Å². The van der Waals surface area contributed by atoms with Gasteiger partial charge in [-0.25, -0.2) is 0 Å². The van der Waals surface area contributed by atoms with E-state index >= 15 is 0 Å². The second kappa shape index (κ2) is 11.1. The number of aryl methyl sites for hydroxylation is 1. The number of hydrogen-bond acceptors (Lipinski definition) is 3. The number of anilines is 1. The molecule has 1 heterocycles. The maximum absolute atomic E-state index is 12.5. The summed E-state index contributed by atoms with van der Waals surface area (Å²) in [6.07, 6.45) is 2.33. The normalized spacial score (nSPS) is 13.0. The van der Waals surface area contributed by atoms with E-state index in [0.717, 1.165) is 36.6 Å². The zero-order valence-corrected chi connectivity index (χ0v) is 20.1. The molecule has 3 nitrogen and oxygen atoms in total. The molecule has 166 valence electrons. The van der Waals surface area contributed by atoms with Crippen LogP contribution in [-0.2, 0) is 18.7 Å². The van der Waals surface area contributed by atoms with Crippen LogP contribution in [0.5, 0.6) is 0 Å². The molecular weight excluding hydrogens is 459 g/mol. The second-order valence-corrected chi connectivity index (χ2v) is 9.78. The van der Waals surface area contributed by atoms with Gasteiger partial charge in [0.25, 0.3) is 5.91 Å². The third-order valence-electron chi connectivity index (χ3n) is 5.64. The highest BCUT2D eigenvalue weighted by atomic mass is 35.5. The number of benzene rings is 3. The van der Waals surface area contributed by atoms with E-state index in [2.05, 4.69) is 46.6 Å². The molecule has 0 atom stereocenters. The van der Waals surface area contributed by atoms with Gasteiger partial charge in [-0.15, -0.1) is 0 Å². The minimum absolute atomic E-state index is 0.0451. The molecule has 4 rings (SSSR count). The van der Waals surface area contributed by atoms with Crippen LogP contribution in [0, 0.1) is 0 Å². The van der Waals surface area contributed by atoms with E-state index in [1.165, 1.54) is 23.2 Å². The summed E-state index contributed by atoms with van der Waals surface area (Å²) >= 11 is 14.1. The molecule has 0 saturated heterocycles. The van der Waals surface area contributed by atoms with E-state index in [1.807, 2.05) is 30.3 Å². The lowest BCUT2D eigenvalue weighted by molar-refractivity contribution is 0.0956. The Labute approximate surface area is 204 Å². The second-order valence-electron chi connectivity index (χ2n) is 7.86. The fourth-order valence-electron chi connectivity index (χ4n) is 3.94. The molecule has 0 unspecified atom stereocenters. The molecule has 32 heavy (non-hydrogen) atoms. The van der Waals surface area contributed by atoms with Crippen LogP contribution in [0.1, 0.15) is 33.5 Å². The van der Waals surface area contributed by atoms with Gasteiger partial charge < -0.3 is 10.2 Å². The Hall–Kier alpha value is -2.14. The van der Waals surface area contributed by atoms with Crippen LogP contribution >= 0.6 is 35.0 Å². The van der Waals surface area contributed by atoms with Crippen molar-refractivity contribution in [2.75, 3.05) is 23.7 Å². The van der Waals surface area contributed by atoms with Gasteiger partial charge in [0.2, 0.25) is 0 Å². The van der Waals surface area contributed by atoms with Crippen LogP contribution in [0.3, 0.4) is 0 Å². The molecule has 3 aromatic carbocycles. The number of thioether (sulfide) groups is 1. The Balaban J connectivity index is 1.24. The first-order valence-corrected chi connectivity index (χ1v) is 12.7. The number of nitrogens with zero attached hydrogens (tertiary/aromatic N) is 1. The average Bonchev–Trinajstić information content (AvgIpc) is 2.81. The number of hydrogen-bond donors (Lipinski definition) is 1. The Kier molecular flexibility index (Phi) is 8.01. The molecule has 1 aliphatic rings. The molecule has 6 heteroatoms. The molecule has 3 aromatic rings. The number of amides is 1. The van der Waals surface area contributed by atoms with Gasteiger partial charge in [-0.3, -0.25) is 4.79 Å². The van der Waals surface area contributed by atoms with E-state index < -0.39 is 0 Å². The van der Waals surface area contributed by atoms with E-state index in [4.69, 9.17) is 23.2 Å². The van der Waals surface area contributed by atoms with Gasteiger partial charge in [-0.2, -0.15) is 11.8 Å². The Morgan fingerprint density at radius 1 is 0.969 bits per heavy atom. The Bertz CT molecular complexity index is 1050. The van der Waals surface area contributed by atoms with Crippen molar-refractivity contribution in [3.63, 3.8) is 0 Å². The summed E-state index contributed by atoms with van der Waals surface area (Å²) in [5, 5.41) is 4.36. The highest BCUT2D eigenvalue weighted by Gasteiger charge is 2.16. The molecule has 1 amide bonds. The monoisotopic (exact) mass is 484 g/mol. The van der Waals surface area contributed by atoms with Crippen molar-refractivity contribution in [3.05, 3.63) is 99.0 Å². The van der Waals surface area contributed by atoms with Crippen molar-refractivity contribution >= 4 is 46.6 Å². The van der Waals surface area contributed by atoms with Gasteiger partial charge in [0.15, 0.2) is 0 Å². The van der Waals surface area contributed by atoms with Crippen molar-refractivity contribution in [2.24, 2.45) is 0 Å². The van der Waals surface area contributed by atoms with Crippen molar-refractivity contribution in [3.8, 4) is 0 Å². The SMILES string of the molecule is O=C(NCCSCc1c(Cl)cccc1Cl)c1ccc(CN2CCCc3ccccc32)cc1. The van der Waals surface area contributed by atoms with E-state index in [9.17, 15) is 4.79 Å². The van der Waals surface area contributed by atoms with Crippen molar-refractivity contribution < 1.29 is 4.79 Å². The lowest BCUT2D eigenvalue weighted by Gasteiger charge is -2.31. The third kappa shape index (κ3) is 5.80. The Morgan fingerprint density at radius 2 is 1.72 bits per heavy atom. The van der Waals surface area contributed by atoms with Gasteiger partial charge in [-0.1, -0.05) is 59.6 Å². The van der Waals surface area contributed by atoms with Gasteiger partial charge in [-0.05, 0) is 59.9 Å². The van der Waals surface area contributed by atoms with Crippen LogP contribution in [0.15, 0.2) is 66.7 Å². The summed E-state index contributed by atoms with van der Waals surface area (Å²) < 4.78 is 0. The van der Waals surface area contributed by atoms with Gasteiger partial charge >= 0.3 is 0 Å². The van der Waals surface area contributed by atoms with Crippen molar-refractivity contribution in [2.45, 2.75) is 25.1 Å². The van der Waals surface area contributed by atoms with Crippen molar-refractivity contribution in [1.29, 1.82) is 0 Å². The van der Waals surface area contributed by atoms with Crippen LogP contribution in [0.4, 0.5) is 5.69 Å². The molecule has 0 spiro atoms. The maximum Gasteiger partial charge on any atom is 0.251 e. The largest absolute Gasteiger partial charge is 0.367 e. The summed E-state index contributed by atoms with van der Waals surface area (Å²) in [4.78, 5) is 14.9. The standard InChI is InChI=1S/C26H26Cl2N2OS/c27-23-7-3-8-24(28)22(23)18-32-16-14-29-26(31)21-12-10-19(11-13-21)17-30-15-4-6-20-5-1-2-9-25(20)30/h1-3,5,7-13H,4,6,14-18H2,(H,29,31). The zero-order chi connectivity index (χ0) is 22.3. The molecular formula is C26H26Cl2N2OS. The first kappa shape index (κ1) is 23.0. The summed E-state index contributed by atoms with van der Waals surface area (Å²) in [6, 6.07) is 22.1. The summed E-state index contributed by atoms with van der Waals surface area (Å²) in [7, 11) is 0. The summed E-state index contributed by atoms with van der Waals surface area (Å²) in [5.41, 5.74) is 5.59. The maximum atomic E-state index is 12.5. The fourth-order valence-corrected chi connectivity index (χ4v) is 5.54. The van der Waals surface area contributed by atoms with Gasteiger partial charge in [0.05, 0.1) is 0 Å². The first-order valence-electron chi connectivity index (χ1n) is 10.8. The number of halogens is 2. The van der Waals surface area contributed by atoms with Crippen molar-refractivity contribution in [1.82, 2.24) is 5.32 Å². The van der Waals surface area contributed by atoms with Crippen LogP contribution in [-0.4, -0.2) is 24.7 Å². The van der Waals surface area contributed by atoms with Crippen LogP contribution in [0.25, 0.3) is 0 Å². The van der Waals surface area contributed by atoms with E-state index in [0.29, 0.717) is 22.2 Å². The predicted molar refractivity (Wildman–Crippen MR) is 137 cm³/mol. The van der Waals surface area contributed by atoms with Crippen LogP contribution in [0.2, 0.25) is 10.0 Å². The Morgan fingerprint density at radius 3 is 2.50 bits per heavy atom. The predicted octanol–water partition coefficient (Wildman–Crippen LogP) is 6.61. The number of carbonyl (C=O) groups is 1. The molecule has 0 aliphatic carbocycles. The molecule has 0 aromatic heterocycles. The fraction of sp³-hybridized carbons (Fsp3) is 0.269. The highest BCUT2D eigenvalue weighted by molar-refractivity contribution is 7.98. The minimum Gasteiger partial charge on any atom is -0.367 e. The number of fused-ring (bicyclic) bond motifs is 1. The zero-order valence-electron chi connectivity index (χ0n) is 17.8. The van der Waals surface area contributed by atoms with E-state index in [1.54, 1.807) is 11.8 Å². The number of nitrogens with one attached hydrogen (secondary N) is 1. The number of rotatable bonds is 8. The lowest BCUT2D eigenvalue weighted by atomic mass is 10.0. The molecule has 1 aliphatic heterocycles. The van der Waals surface area contributed by atoms with Gasteiger partial charge in [0.1, 0.15) is 0 Å². The smallest absolute Gasteiger partial charge is 0.251 e.